The Morgan fingerprint density at radius 1 is 1.29 bits per heavy atom. The summed E-state index contributed by atoms with van der Waals surface area (Å²) >= 11 is 0. The van der Waals surface area contributed by atoms with Crippen molar-refractivity contribution >= 4 is 0 Å². The van der Waals surface area contributed by atoms with Gasteiger partial charge in [-0.05, 0) is 45.2 Å². The molecule has 1 heterocycles. The van der Waals surface area contributed by atoms with E-state index in [4.69, 9.17) is 4.74 Å². The van der Waals surface area contributed by atoms with Gasteiger partial charge in [0, 0.05) is 19.3 Å². The topological polar surface area (TPSA) is 39.1 Å². The number of ether oxygens (including phenoxy) is 1. The second kappa shape index (κ2) is 8.54. The van der Waals surface area contributed by atoms with Gasteiger partial charge in [0.05, 0.1) is 17.8 Å². The maximum absolute atomic E-state index is 6.22. The molecule has 1 saturated carbocycles. The summed E-state index contributed by atoms with van der Waals surface area (Å²) in [6.45, 7) is 9.07. The number of aromatic nitrogens is 2. The van der Waals surface area contributed by atoms with Crippen molar-refractivity contribution in [1.29, 1.82) is 0 Å². The Morgan fingerprint density at radius 2 is 2.05 bits per heavy atom. The highest BCUT2D eigenvalue weighted by Gasteiger charge is 2.33. The molecule has 1 aromatic heterocycles. The highest BCUT2D eigenvalue weighted by atomic mass is 16.5. The average Bonchev–Trinajstić information content (AvgIpc) is 3.00. The van der Waals surface area contributed by atoms with Crippen molar-refractivity contribution in [3.8, 4) is 0 Å². The molecule has 2 unspecified atom stereocenters. The first-order valence-corrected chi connectivity index (χ1v) is 8.68. The Balaban J connectivity index is 2.22. The van der Waals surface area contributed by atoms with Gasteiger partial charge in [0.2, 0.25) is 0 Å². The molecule has 1 aromatic rings. The molecule has 1 aliphatic rings. The minimum Gasteiger partial charge on any atom is -0.376 e. The molecule has 0 amide bonds. The van der Waals surface area contributed by atoms with Crippen molar-refractivity contribution in [3.63, 3.8) is 0 Å². The molecule has 1 N–H and O–H groups in total. The molecule has 21 heavy (non-hydrogen) atoms. The van der Waals surface area contributed by atoms with E-state index >= 15 is 0 Å². The van der Waals surface area contributed by atoms with Crippen molar-refractivity contribution in [2.45, 2.75) is 71.6 Å². The number of nitrogens with zero attached hydrogens (tertiary/aromatic N) is 2. The lowest BCUT2D eigenvalue weighted by atomic mass is 9.81. The van der Waals surface area contributed by atoms with Gasteiger partial charge in [-0.25, -0.2) is 0 Å². The molecule has 2 atom stereocenters. The van der Waals surface area contributed by atoms with E-state index in [1.54, 1.807) is 0 Å². The summed E-state index contributed by atoms with van der Waals surface area (Å²) < 4.78 is 8.32. The fourth-order valence-corrected chi connectivity index (χ4v) is 3.64. The molecule has 4 nitrogen and oxygen atoms in total. The molecule has 0 aromatic carbocycles. The highest BCUT2D eigenvalue weighted by Crippen LogP contribution is 2.34. The first kappa shape index (κ1) is 16.5. The van der Waals surface area contributed by atoms with Crippen LogP contribution < -0.4 is 5.32 Å². The van der Waals surface area contributed by atoms with Gasteiger partial charge in [-0.2, -0.15) is 5.10 Å². The van der Waals surface area contributed by atoms with Gasteiger partial charge in [-0.1, -0.05) is 26.2 Å². The van der Waals surface area contributed by atoms with E-state index in [1.807, 2.05) is 6.20 Å². The number of likely N-dealkylation sites (N-methyl/N-ethyl adjacent to an activating group) is 1. The van der Waals surface area contributed by atoms with Crippen molar-refractivity contribution in [2.75, 3.05) is 13.2 Å². The van der Waals surface area contributed by atoms with Crippen LogP contribution in [0, 0.1) is 5.92 Å². The van der Waals surface area contributed by atoms with Crippen LogP contribution in [0.2, 0.25) is 0 Å². The number of hydrogen-bond donors (Lipinski definition) is 1. The lowest BCUT2D eigenvalue weighted by Gasteiger charge is -2.36. The Bertz CT molecular complexity index is 398. The van der Waals surface area contributed by atoms with Crippen molar-refractivity contribution in [3.05, 3.63) is 18.0 Å². The zero-order chi connectivity index (χ0) is 15.1. The number of rotatable bonds is 8. The average molecular weight is 293 g/mol. The summed E-state index contributed by atoms with van der Waals surface area (Å²) in [5, 5.41) is 8.10. The van der Waals surface area contributed by atoms with Gasteiger partial charge in [0.1, 0.15) is 0 Å². The third-order valence-electron chi connectivity index (χ3n) is 4.59. The molecule has 0 radical (unpaired) electrons. The summed E-state index contributed by atoms with van der Waals surface area (Å²) in [4.78, 5) is 0. The number of hydrogen-bond acceptors (Lipinski definition) is 3. The molecule has 0 spiro atoms. The Labute approximate surface area is 129 Å². The molecule has 0 saturated heterocycles. The molecule has 1 aliphatic carbocycles. The predicted octanol–water partition coefficient (Wildman–Crippen LogP) is 3.54. The third-order valence-corrected chi connectivity index (χ3v) is 4.59. The van der Waals surface area contributed by atoms with E-state index in [2.05, 4.69) is 41.9 Å². The van der Waals surface area contributed by atoms with Crippen LogP contribution in [-0.2, 0) is 11.3 Å². The molecule has 0 aliphatic heterocycles. The third kappa shape index (κ3) is 4.07. The van der Waals surface area contributed by atoms with E-state index < -0.39 is 0 Å². The number of nitrogens with one attached hydrogen (secondary N) is 1. The second-order valence-electron chi connectivity index (χ2n) is 5.93. The highest BCUT2D eigenvalue weighted by molar-refractivity contribution is 5.10. The summed E-state index contributed by atoms with van der Waals surface area (Å²) in [6, 6.07) is 2.39. The minimum atomic E-state index is 0.250. The van der Waals surface area contributed by atoms with Crippen LogP contribution in [0.1, 0.15) is 64.6 Å². The lowest BCUT2D eigenvalue weighted by Crippen LogP contribution is -2.40. The Morgan fingerprint density at radius 3 is 2.67 bits per heavy atom. The molecule has 0 bridgehead atoms. The Kier molecular flexibility index (Phi) is 6.71. The van der Waals surface area contributed by atoms with Gasteiger partial charge >= 0.3 is 0 Å². The first-order valence-electron chi connectivity index (χ1n) is 8.68. The molecular weight excluding hydrogens is 262 g/mol. The van der Waals surface area contributed by atoms with Gasteiger partial charge in [-0.3, -0.25) is 4.68 Å². The van der Waals surface area contributed by atoms with E-state index in [0.29, 0.717) is 5.92 Å². The van der Waals surface area contributed by atoms with Crippen LogP contribution in [-0.4, -0.2) is 29.0 Å². The quantitative estimate of drug-likeness (QED) is 0.797. The smallest absolute Gasteiger partial charge is 0.0812 e. The molecule has 4 heteroatoms. The van der Waals surface area contributed by atoms with Crippen molar-refractivity contribution in [1.82, 2.24) is 15.1 Å². The largest absolute Gasteiger partial charge is 0.376 e. The summed E-state index contributed by atoms with van der Waals surface area (Å²) in [7, 11) is 0. The van der Waals surface area contributed by atoms with Crippen molar-refractivity contribution in [2.24, 2.45) is 5.92 Å². The molecule has 2 rings (SSSR count). The summed E-state index contributed by atoms with van der Waals surface area (Å²) in [5.74, 6) is 0.669. The van der Waals surface area contributed by atoms with Gasteiger partial charge in [0.25, 0.3) is 0 Å². The fourth-order valence-electron chi connectivity index (χ4n) is 3.64. The molecule has 1 fully saturated rings. The van der Waals surface area contributed by atoms with Crippen LogP contribution in [0.5, 0.6) is 0 Å². The Hall–Kier alpha value is -0.870. The van der Waals surface area contributed by atoms with Gasteiger partial charge in [-0.15, -0.1) is 0 Å². The predicted molar refractivity (Wildman–Crippen MR) is 86.3 cm³/mol. The first-order chi connectivity index (χ1) is 10.3. The fraction of sp³-hybridized carbons (Fsp3) is 0.824. The maximum atomic E-state index is 6.22. The van der Waals surface area contributed by atoms with E-state index in [0.717, 1.165) is 19.7 Å². The van der Waals surface area contributed by atoms with Crippen LogP contribution >= 0.6 is 0 Å². The zero-order valence-electron chi connectivity index (χ0n) is 13.8. The molecular formula is C17H31N3O. The lowest BCUT2D eigenvalue weighted by molar-refractivity contribution is -0.0198. The van der Waals surface area contributed by atoms with Crippen LogP contribution in [0.3, 0.4) is 0 Å². The molecule has 120 valence electrons. The standard InChI is InChI=1S/C17H31N3O/c1-4-18-16(15-12-13-19-20(15)5-2)17(21-6-3)14-10-8-7-9-11-14/h12-14,16-18H,4-11H2,1-3H3. The van der Waals surface area contributed by atoms with Crippen LogP contribution in [0.15, 0.2) is 12.3 Å². The van der Waals surface area contributed by atoms with Crippen molar-refractivity contribution < 1.29 is 4.74 Å². The monoisotopic (exact) mass is 293 g/mol. The van der Waals surface area contributed by atoms with Crippen LogP contribution in [0.4, 0.5) is 0 Å². The SMILES string of the molecule is CCNC(c1ccnn1CC)C(OCC)C1CCCCC1. The summed E-state index contributed by atoms with van der Waals surface area (Å²) in [5.41, 5.74) is 1.27. The summed E-state index contributed by atoms with van der Waals surface area (Å²) in [6.07, 6.45) is 8.85. The zero-order valence-corrected chi connectivity index (χ0v) is 13.8. The minimum absolute atomic E-state index is 0.250. The van der Waals surface area contributed by atoms with E-state index in [9.17, 15) is 0 Å². The van der Waals surface area contributed by atoms with E-state index in [1.165, 1.54) is 37.8 Å². The van der Waals surface area contributed by atoms with Gasteiger partial charge in [0.15, 0.2) is 0 Å². The maximum Gasteiger partial charge on any atom is 0.0812 e. The van der Waals surface area contributed by atoms with Gasteiger partial charge < -0.3 is 10.1 Å². The van der Waals surface area contributed by atoms with Crippen LogP contribution in [0.25, 0.3) is 0 Å². The number of aryl methyl sites for hydroxylation is 1. The normalized spacial score (nSPS) is 19.6. The second-order valence-corrected chi connectivity index (χ2v) is 5.93. The van der Waals surface area contributed by atoms with E-state index in [-0.39, 0.29) is 12.1 Å².